The van der Waals surface area contributed by atoms with Crippen molar-refractivity contribution in [1.82, 2.24) is 5.32 Å². The van der Waals surface area contributed by atoms with Crippen molar-refractivity contribution in [3.63, 3.8) is 0 Å². The third-order valence-corrected chi connectivity index (χ3v) is 3.89. The molecule has 0 aliphatic carbocycles. The van der Waals surface area contributed by atoms with E-state index in [4.69, 9.17) is 4.74 Å². The van der Waals surface area contributed by atoms with Crippen molar-refractivity contribution in [3.8, 4) is 0 Å². The molecule has 21 heavy (non-hydrogen) atoms. The number of hydrogen-bond acceptors (Lipinski definition) is 2. The maximum atomic E-state index is 5.99. The normalized spacial score (nSPS) is 15.0. The van der Waals surface area contributed by atoms with Gasteiger partial charge in [0.1, 0.15) is 0 Å². The molecule has 2 unspecified atom stereocenters. The first-order valence-electron chi connectivity index (χ1n) is 8.39. The summed E-state index contributed by atoms with van der Waals surface area (Å²) in [6, 6.07) is 9.32. The van der Waals surface area contributed by atoms with Crippen LogP contribution in [0.4, 0.5) is 0 Å². The summed E-state index contributed by atoms with van der Waals surface area (Å²) < 4.78 is 5.99. The molecule has 120 valence electrons. The third kappa shape index (κ3) is 5.44. The molecule has 1 N–H and O–H groups in total. The van der Waals surface area contributed by atoms with E-state index in [0.717, 1.165) is 26.0 Å². The molecule has 0 radical (unpaired) electrons. The van der Waals surface area contributed by atoms with Gasteiger partial charge in [-0.05, 0) is 36.4 Å². The Balaban J connectivity index is 2.98. The van der Waals surface area contributed by atoms with Gasteiger partial charge in [0.15, 0.2) is 0 Å². The van der Waals surface area contributed by atoms with E-state index >= 15 is 0 Å². The van der Waals surface area contributed by atoms with E-state index in [2.05, 4.69) is 71.1 Å². The second-order valence-corrected chi connectivity index (χ2v) is 6.69. The van der Waals surface area contributed by atoms with Gasteiger partial charge in [-0.2, -0.15) is 0 Å². The van der Waals surface area contributed by atoms with Gasteiger partial charge >= 0.3 is 0 Å². The summed E-state index contributed by atoms with van der Waals surface area (Å²) in [6.45, 7) is 14.9. The van der Waals surface area contributed by atoms with Crippen LogP contribution >= 0.6 is 0 Å². The van der Waals surface area contributed by atoms with Crippen LogP contribution in [0.15, 0.2) is 24.3 Å². The zero-order valence-electron chi connectivity index (χ0n) is 14.7. The van der Waals surface area contributed by atoms with Crippen LogP contribution in [0.25, 0.3) is 0 Å². The third-order valence-electron chi connectivity index (χ3n) is 3.89. The zero-order valence-corrected chi connectivity index (χ0v) is 14.7. The molecule has 0 aliphatic rings. The van der Waals surface area contributed by atoms with Crippen molar-refractivity contribution in [3.05, 3.63) is 35.4 Å². The zero-order chi connectivity index (χ0) is 15.9. The smallest absolute Gasteiger partial charge is 0.0769 e. The highest BCUT2D eigenvalue weighted by Crippen LogP contribution is 2.27. The molecule has 2 nitrogen and oxygen atoms in total. The molecule has 0 spiro atoms. The predicted molar refractivity (Wildman–Crippen MR) is 91.9 cm³/mol. The van der Waals surface area contributed by atoms with Crippen molar-refractivity contribution in [2.75, 3.05) is 13.2 Å². The minimum atomic E-state index is 0.203. The lowest BCUT2D eigenvalue weighted by molar-refractivity contribution is 0.0280. The van der Waals surface area contributed by atoms with E-state index < -0.39 is 0 Å². The van der Waals surface area contributed by atoms with Crippen LogP contribution in [0.2, 0.25) is 0 Å². The molecule has 0 heterocycles. The average Bonchev–Trinajstić information content (AvgIpc) is 2.44. The lowest BCUT2D eigenvalue weighted by Crippen LogP contribution is -2.34. The molecule has 0 amide bonds. The number of benzene rings is 1. The first-order chi connectivity index (χ1) is 9.93. The summed E-state index contributed by atoms with van der Waals surface area (Å²) in [5.74, 6) is 0. The predicted octanol–water partition coefficient (Wildman–Crippen LogP) is 4.84. The van der Waals surface area contributed by atoms with E-state index in [0.29, 0.717) is 0 Å². The van der Waals surface area contributed by atoms with Gasteiger partial charge in [-0.1, -0.05) is 65.3 Å². The van der Waals surface area contributed by atoms with E-state index in [1.54, 1.807) is 0 Å². The molecule has 1 aromatic carbocycles. The molecule has 1 rings (SSSR count). The Kier molecular flexibility index (Phi) is 7.41. The number of ether oxygens (including phenoxy) is 1. The summed E-state index contributed by atoms with van der Waals surface area (Å²) in [4.78, 5) is 0. The summed E-state index contributed by atoms with van der Waals surface area (Å²) in [7, 11) is 0. The maximum Gasteiger partial charge on any atom is 0.0769 e. The van der Waals surface area contributed by atoms with Gasteiger partial charge in [0.25, 0.3) is 0 Å². The van der Waals surface area contributed by atoms with Gasteiger partial charge in [0.05, 0.1) is 12.1 Å². The minimum absolute atomic E-state index is 0.203. The molecule has 0 saturated carbocycles. The lowest BCUT2D eigenvalue weighted by atomic mass is 9.85. The summed E-state index contributed by atoms with van der Waals surface area (Å²) in [5.41, 5.74) is 2.91. The fraction of sp³-hybridized carbons (Fsp3) is 0.684. The molecule has 0 aliphatic heterocycles. The van der Waals surface area contributed by atoms with Gasteiger partial charge in [-0.3, -0.25) is 0 Å². The van der Waals surface area contributed by atoms with Crippen molar-refractivity contribution >= 4 is 0 Å². The van der Waals surface area contributed by atoms with Crippen LogP contribution < -0.4 is 5.32 Å². The Hall–Kier alpha value is -0.860. The molecule has 0 aromatic heterocycles. The highest BCUT2D eigenvalue weighted by Gasteiger charge is 2.23. The average molecular weight is 291 g/mol. The van der Waals surface area contributed by atoms with Gasteiger partial charge in [0.2, 0.25) is 0 Å². The lowest BCUT2D eigenvalue weighted by Gasteiger charge is -2.29. The van der Waals surface area contributed by atoms with Crippen molar-refractivity contribution in [2.24, 2.45) is 0 Å². The van der Waals surface area contributed by atoms with Crippen LogP contribution in [-0.2, 0) is 10.2 Å². The van der Waals surface area contributed by atoms with Crippen molar-refractivity contribution in [2.45, 2.75) is 71.9 Å². The topological polar surface area (TPSA) is 21.3 Å². The Bertz CT molecular complexity index is 385. The van der Waals surface area contributed by atoms with Crippen LogP contribution in [0.1, 0.15) is 71.6 Å². The highest BCUT2D eigenvalue weighted by atomic mass is 16.5. The Morgan fingerprint density at radius 3 is 2.10 bits per heavy atom. The molecule has 2 atom stereocenters. The first-order valence-corrected chi connectivity index (χ1v) is 8.39. The Morgan fingerprint density at radius 1 is 1.05 bits per heavy atom. The van der Waals surface area contributed by atoms with Gasteiger partial charge < -0.3 is 10.1 Å². The molecule has 0 bridgehead atoms. The molecule has 1 aromatic rings. The van der Waals surface area contributed by atoms with Crippen LogP contribution in [0, 0.1) is 0 Å². The summed E-state index contributed by atoms with van der Waals surface area (Å²) in [6.07, 6.45) is 2.49. The van der Waals surface area contributed by atoms with Crippen LogP contribution in [-0.4, -0.2) is 19.3 Å². The fourth-order valence-corrected chi connectivity index (χ4v) is 2.72. The summed E-state index contributed by atoms with van der Waals surface area (Å²) >= 11 is 0. The number of nitrogens with one attached hydrogen (secondary N) is 1. The number of hydrogen-bond donors (Lipinski definition) is 1. The quantitative estimate of drug-likeness (QED) is 0.740. The standard InChI is InChI=1S/C19H33NO/c1-7-10-17(21-9-3)18(20-8-2)15-11-13-16(14-12-15)19(4,5)6/h11-14,17-18,20H,7-10H2,1-6H3. The molecule has 0 saturated heterocycles. The fourth-order valence-electron chi connectivity index (χ4n) is 2.72. The Labute approximate surface area is 131 Å². The second kappa shape index (κ2) is 8.55. The van der Waals surface area contributed by atoms with Crippen LogP contribution in [0.5, 0.6) is 0 Å². The van der Waals surface area contributed by atoms with Gasteiger partial charge in [0, 0.05) is 6.61 Å². The van der Waals surface area contributed by atoms with Crippen LogP contribution in [0.3, 0.4) is 0 Å². The molecular formula is C19H33NO. The first kappa shape index (κ1) is 18.2. The van der Waals surface area contributed by atoms with Crippen molar-refractivity contribution < 1.29 is 4.74 Å². The number of likely N-dealkylation sites (N-methyl/N-ethyl adjacent to an activating group) is 1. The highest BCUT2D eigenvalue weighted by molar-refractivity contribution is 5.29. The maximum absolute atomic E-state index is 5.99. The minimum Gasteiger partial charge on any atom is -0.377 e. The SMILES string of the molecule is CCCC(OCC)C(NCC)c1ccc(C(C)(C)C)cc1. The van der Waals surface area contributed by atoms with E-state index in [9.17, 15) is 0 Å². The summed E-state index contributed by atoms with van der Waals surface area (Å²) in [5, 5.41) is 3.60. The molecule has 2 heteroatoms. The monoisotopic (exact) mass is 291 g/mol. The Morgan fingerprint density at radius 2 is 1.67 bits per heavy atom. The number of rotatable bonds is 8. The van der Waals surface area contributed by atoms with E-state index in [-0.39, 0.29) is 17.6 Å². The van der Waals surface area contributed by atoms with Crippen molar-refractivity contribution in [1.29, 1.82) is 0 Å². The second-order valence-electron chi connectivity index (χ2n) is 6.69. The van der Waals surface area contributed by atoms with E-state index in [1.807, 2.05) is 0 Å². The molecule has 0 fully saturated rings. The van der Waals surface area contributed by atoms with Gasteiger partial charge in [-0.15, -0.1) is 0 Å². The van der Waals surface area contributed by atoms with E-state index in [1.165, 1.54) is 11.1 Å². The molecular weight excluding hydrogens is 258 g/mol. The van der Waals surface area contributed by atoms with Gasteiger partial charge in [-0.25, -0.2) is 0 Å². The largest absolute Gasteiger partial charge is 0.377 e.